The molecule has 2 aliphatic heterocycles. The van der Waals surface area contributed by atoms with E-state index in [1.54, 1.807) is 0 Å². The summed E-state index contributed by atoms with van der Waals surface area (Å²) in [6, 6.07) is 12.5. The third-order valence-corrected chi connectivity index (χ3v) is 6.98. The predicted molar refractivity (Wildman–Crippen MR) is 133 cm³/mol. The van der Waals surface area contributed by atoms with Crippen LogP contribution >= 0.6 is 0 Å². The number of carbonyl (C=O) groups excluding carboxylic acids is 2. The molecule has 2 heterocycles. The Hall–Kier alpha value is -2.90. The Kier molecular flexibility index (Phi) is 7.00. The molecule has 2 aliphatic rings. The average molecular weight is 450 g/mol. The van der Waals surface area contributed by atoms with E-state index in [1.165, 1.54) is 16.8 Å². The highest BCUT2D eigenvalue weighted by molar-refractivity contribution is 6.39. The Morgan fingerprint density at radius 3 is 2.33 bits per heavy atom. The smallest absolute Gasteiger partial charge is 0.313 e. The van der Waals surface area contributed by atoms with E-state index < -0.39 is 11.8 Å². The van der Waals surface area contributed by atoms with Gasteiger partial charge in [-0.3, -0.25) is 14.5 Å². The minimum absolute atomic E-state index is 0.0341. The van der Waals surface area contributed by atoms with E-state index in [1.807, 2.05) is 32.0 Å². The van der Waals surface area contributed by atoms with Crippen molar-refractivity contribution in [2.45, 2.75) is 26.3 Å². The minimum Gasteiger partial charge on any atom is -0.374 e. The lowest BCUT2D eigenvalue weighted by molar-refractivity contribution is -0.136. The quantitative estimate of drug-likeness (QED) is 0.686. The van der Waals surface area contributed by atoms with E-state index in [0.717, 1.165) is 50.3 Å². The summed E-state index contributed by atoms with van der Waals surface area (Å²) in [5.74, 6) is -1.22. The van der Waals surface area contributed by atoms with Gasteiger partial charge in [-0.05, 0) is 55.6 Å². The first kappa shape index (κ1) is 23.3. The number of nitrogens with zero attached hydrogens (tertiary/aromatic N) is 3. The zero-order valence-corrected chi connectivity index (χ0v) is 20.1. The van der Waals surface area contributed by atoms with Gasteiger partial charge >= 0.3 is 11.8 Å². The number of hydrogen-bond acceptors (Lipinski definition) is 5. The van der Waals surface area contributed by atoms with Gasteiger partial charge in [-0.2, -0.15) is 0 Å². The zero-order valence-electron chi connectivity index (χ0n) is 20.1. The van der Waals surface area contributed by atoms with Crippen LogP contribution in [-0.4, -0.2) is 75.0 Å². The number of nitrogens with one attached hydrogen (secondary N) is 2. The first-order chi connectivity index (χ1) is 15.8. The van der Waals surface area contributed by atoms with Crippen LogP contribution in [-0.2, 0) is 16.0 Å². The standard InChI is InChI=1S/C26H35N5O2/c1-18-6-5-7-19(2)24(18)28-26(33)25(32)27-17-23(31-14-12-29(3)13-15-31)20-8-9-22-21(16-20)10-11-30(22)4/h5-9,16,23H,10-15,17H2,1-4H3,(H,27,32)(H,28,33)/t23-/m1/s1. The third-order valence-electron chi connectivity index (χ3n) is 6.98. The van der Waals surface area contributed by atoms with Crippen molar-refractivity contribution in [1.82, 2.24) is 15.1 Å². The molecule has 2 N–H and O–H groups in total. The molecule has 0 unspecified atom stereocenters. The van der Waals surface area contributed by atoms with Crippen molar-refractivity contribution in [2.24, 2.45) is 0 Å². The van der Waals surface area contributed by atoms with Gasteiger partial charge in [0.15, 0.2) is 0 Å². The monoisotopic (exact) mass is 449 g/mol. The fourth-order valence-corrected chi connectivity index (χ4v) is 4.84. The maximum Gasteiger partial charge on any atom is 0.313 e. The summed E-state index contributed by atoms with van der Waals surface area (Å²) in [6.07, 6.45) is 1.04. The molecule has 7 heteroatoms. The Morgan fingerprint density at radius 2 is 1.64 bits per heavy atom. The summed E-state index contributed by atoms with van der Waals surface area (Å²) >= 11 is 0. The molecule has 4 rings (SSSR count). The first-order valence-corrected chi connectivity index (χ1v) is 11.8. The molecule has 0 aliphatic carbocycles. The number of benzene rings is 2. The van der Waals surface area contributed by atoms with Gasteiger partial charge in [0.25, 0.3) is 0 Å². The number of para-hydroxylation sites is 1. The molecule has 1 saturated heterocycles. The van der Waals surface area contributed by atoms with Crippen molar-refractivity contribution in [2.75, 3.05) is 63.6 Å². The van der Waals surface area contributed by atoms with E-state index >= 15 is 0 Å². The van der Waals surface area contributed by atoms with E-state index in [0.29, 0.717) is 12.2 Å². The van der Waals surface area contributed by atoms with Crippen molar-refractivity contribution in [3.05, 3.63) is 58.7 Å². The number of amides is 2. The second kappa shape index (κ2) is 9.93. The molecule has 0 spiro atoms. The SMILES string of the molecule is Cc1cccc(C)c1NC(=O)C(=O)NC[C@H](c1ccc2c(c1)CCN2C)N1CCN(C)CC1. The molecule has 2 aromatic carbocycles. The van der Waals surface area contributed by atoms with Gasteiger partial charge in [-0.25, -0.2) is 0 Å². The lowest BCUT2D eigenvalue weighted by Crippen LogP contribution is -2.49. The highest BCUT2D eigenvalue weighted by Gasteiger charge is 2.27. The lowest BCUT2D eigenvalue weighted by atomic mass is 10.00. The van der Waals surface area contributed by atoms with Crippen LogP contribution < -0.4 is 15.5 Å². The first-order valence-electron chi connectivity index (χ1n) is 11.8. The summed E-state index contributed by atoms with van der Waals surface area (Å²) in [4.78, 5) is 32.4. The fourth-order valence-electron chi connectivity index (χ4n) is 4.84. The molecular formula is C26H35N5O2. The summed E-state index contributed by atoms with van der Waals surface area (Å²) < 4.78 is 0. The van der Waals surface area contributed by atoms with Gasteiger partial charge in [0, 0.05) is 57.7 Å². The Balaban J connectivity index is 1.47. The number of rotatable bonds is 5. The predicted octanol–water partition coefficient (Wildman–Crippen LogP) is 2.34. The van der Waals surface area contributed by atoms with Crippen LogP contribution in [0.25, 0.3) is 0 Å². The number of aryl methyl sites for hydroxylation is 2. The molecule has 0 saturated carbocycles. The molecule has 33 heavy (non-hydrogen) atoms. The molecular weight excluding hydrogens is 414 g/mol. The highest BCUT2D eigenvalue weighted by atomic mass is 16.2. The fraction of sp³-hybridized carbons (Fsp3) is 0.462. The van der Waals surface area contributed by atoms with E-state index in [-0.39, 0.29) is 6.04 Å². The maximum absolute atomic E-state index is 12.7. The summed E-state index contributed by atoms with van der Waals surface area (Å²) in [7, 11) is 4.26. The van der Waals surface area contributed by atoms with Gasteiger partial charge < -0.3 is 20.4 Å². The van der Waals surface area contributed by atoms with Crippen LogP contribution in [0.1, 0.15) is 28.3 Å². The molecule has 1 atom stereocenters. The van der Waals surface area contributed by atoms with E-state index in [9.17, 15) is 9.59 Å². The number of carbonyl (C=O) groups is 2. The summed E-state index contributed by atoms with van der Waals surface area (Å²) in [6.45, 7) is 9.14. The van der Waals surface area contributed by atoms with E-state index in [2.05, 4.69) is 57.6 Å². The van der Waals surface area contributed by atoms with Gasteiger partial charge in [0.1, 0.15) is 0 Å². The van der Waals surface area contributed by atoms with Crippen LogP contribution in [0.4, 0.5) is 11.4 Å². The van der Waals surface area contributed by atoms with Gasteiger partial charge in [0.05, 0.1) is 6.04 Å². The van der Waals surface area contributed by atoms with Crippen LogP contribution in [0.15, 0.2) is 36.4 Å². The van der Waals surface area contributed by atoms with E-state index in [4.69, 9.17) is 0 Å². The number of likely N-dealkylation sites (N-methyl/N-ethyl adjacent to an activating group) is 2. The molecule has 1 fully saturated rings. The maximum atomic E-state index is 12.7. The molecule has 2 amide bonds. The van der Waals surface area contributed by atoms with Crippen LogP contribution in [0, 0.1) is 13.8 Å². The molecule has 0 bridgehead atoms. The minimum atomic E-state index is -0.625. The van der Waals surface area contributed by atoms with Gasteiger partial charge in [0.2, 0.25) is 0 Å². The Bertz CT molecular complexity index is 1010. The number of anilines is 2. The molecule has 0 aromatic heterocycles. The second-order valence-corrected chi connectivity index (χ2v) is 9.35. The zero-order chi connectivity index (χ0) is 23.5. The van der Waals surface area contributed by atoms with Gasteiger partial charge in [-0.15, -0.1) is 0 Å². The van der Waals surface area contributed by atoms with Crippen molar-refractivity contribution < 1.29 is 9.59 Å². The van der Waals surface area contributed by atoms with Gasteiger partial charge in [-0.1, -0.05) is 30.3 Å². The van der Waals surface area contributed by atoms with Crippen LogP contribution in [0.5, 0.6) is 0 Å². The Morgan fingerprint density at radius 1 is 0.939 bits per heavy atom. The lowest BCUT2D eigenvalue weighted by Gasteiger charge is -2.38. The third kappa shape index (κ3) is 5.20. The summed E-state index contributed by atoms with van der Waals surface area (Å²) in [5, 5.41) is 5.70. The van der Waals surface area contributed by atoms with Crippen molar-refractivity contribution in [3.8, 4) is 0 Å². The van der Waals surface area contributed by atoms with Crippen LogP contribution in [0.3, 0.4) is 0 Å². The molecule has 176 valence electrons. The van der Waals surface area contributed by atoms with Crippen molar-refractivity contribution in [3.63, 3.8) is 0 Å². The van der Waals surface area contributed by atoms with Crippen LogP contribution in [0.2, 0.25) is 0 Å². The van der Waals surface area contributed by atoms with Crippen molar-refractivity contribution in [1.29, 1.82) is 0 Å². The summed E-state index contributed by atoms with van der Waals surface area (Å²) in [5.41, 5.74) is 6.42. The second-order valence-electron chi connectivity index (χ2n) is 9.35. The average Bonchev–Trinajstić information content (AvgIpc) is 3.17. The Labute approximate surface area is 196 Å². The largest absolute Gasteiger partial charge is 0.374 e. The molecule has 7 nitrogen and oxygen atoms in total. The highest BCUT2D eigenvalue weighted by Crippen LogP contribution is 2.31. The number of fused-ring (bicyclic) bond motifs is 1. The molecule has 0 radical (unpaired) electrons. The normalized spacial score (nSPS) is 17.5. The van der Waals surface area contributed by atoms with Crippen molar-refractivity contribution >= 4 is 23.2 Å². The number of hydrogen-bond donors (Lipinski definition) is 2. The topological polar surface area (TPSA) is 67.9 Å². The number of piperazine rings is 1. The molecule has 2 aromatic rings.